The Kier molecular flexibility index (Phi) is 3.95. The lowest BCUT2D eigenvalue weighted by atomic mass is 10.0. The molecule has 3 heteroatoms. The molecule has 2 atom stereocenters. The highest BCUT2D eigenvalue weighted by atomic mass is 19.1. The highest BCUT2D eigenvalue weighted by Crippen LogP contribution is 2.28. The standard InChI is InChI=1S/C9H19FN2/c1-12(6-5-10)9-4-2-3-8(9)7-11/h8-9H,2-7,11H2,1H3. The van der Waals surface area contributed by atoms with Gasteiger partial charge < -0.3 is 10.6 Å². The predicted octanol–water partition coefficient (Wildman–Crippen LogP) is 1.02. The third kappa shape index (κ3) is 2.17. The van der Waals surface area contributed by atoms with E-state index in [4.69, 9.17) is 5.73 Å². The summed E-state index contributed by atoms with van der Waals surface area (Å²) in [5.74, 6) is 0.599. The fraction of sp³-hybridized carbons (Fsp3) is 1.00. The minimum Gasteiger partial charge on any atom is -0.330 e. The van der Waals surface area contributed by atoms with Gasteiger partial charge in [0, 0.05) is 12.6 Å². The van der Waals surface area contributed by atoms with Crippen LogP contribution < -0.4 is 5.73 Å². The molecule has 2 nitrogen and oxygen atoms in total. The van der Waals surface area contributed by atoms with Crippen LogP contribution in [0.2, 0.25) is 0 Å². The maximum Gasteiger partial charge on any atom is 0.102 e. The van der Waals surface area contributed by atoms with E-state index in [1.165, 1.54) is 19.3 Å². The van der Waals surface area contributed by atoms with Crippen LogP contribution in [0.4, 0.5) is 4.39 Å². The van der Waals surface area contributed by atoms with E-state index in [-0.39, 0.29) is 6.67 Å². The summed E-state index contributed by atoms with van der Waals surface area (Å²) in [4.78, 5) is 2.12. The topological polar surface area (TPSA) is 29.3 Å². The van der Waals surface area contributed by atoms with Crippen molar-refractivity contribution in [2.75, 3.05) is 26.8 Å². The minimum atomic E-state index is -0.246. The van der Waals surface area contributed by atoms with Gasteiger partial charge in [0.15, 0.2) is 0 Å². The monoisotopic (exact) mass is 174 g/mol. The number of nitrogens with two attached hydrogens (primary N) is 1. The summed E-state index contributed by atoms with van der Waals surface area (Å²) in [6.07, 6.45) is 3.67. The molecule has 0 heterocycles. The van der Waals surface area contributed by atoms with Gasteiger partial charge in [-0.25, -0.2) is 4.39 Å². The molecule has 0 amide bonds. The van der Waals surface area contributed by atoms with Gasteiger partial charge in [0.05, 0.1) is 0 Å². The van der Waals surface area contributed by atoms with E-state index in [0.29, 0.717) is 18.5 Å². The molecule has 0 spiro atoms. The summed E-state index contributed by atoms with van der Waals surface area (Å²) in [6, 6.07) is 0.533. The van der Waals surface area contributed by atoms with Gasteiger partial charge in [0.25, 0.3) is 0 Å². The first kappa shape index (κ1) is 9.93. The molecule has 0 radical (unpaired) electrons. The number of hydrogen-bond acceptors (Lipinski definition) is 2. The molecule has 1 fully saturated rings. The number of nitrogens with zero attached hydrogens (tertiary/aromatic N) is 1. The summed E-state index contributed by atoms with van der Waals surface area (Å²) < 4.78 is 12.1. The van der Waals surface area contributed by atoms with Gasteiger partial charge in [-0.3, -0.25) is 0 Å². The van der Waals surface area contributed by atoms with Crippen molar-refractivity contribution in [1.82, 2.24) is 4.90 Å². The van der Waals surface area contributed by atoms with E-state index < -0.39 is 0 Å². The summed E-state index contributed by atoms with van der Waals surface area (Å²) in [6.45, 7) is 1.06. The fourth-order valence-electron chi connectivity index (χ4n) is 2.17. The summed E-state index contributed by atoms with van der Waals surface area (Å²) in [7, 11) is 2.00. The quantitative estimate of drug-likeness (QED) is 0.689. The van der Waals surface area contributed by atoms with E-state index in [9.17, 15) is 4.39 Å². The molecular weight excluding hydrogens is 155 g/mol. The average molecular weight is 174 g/mol. The lowest BCUT2D eigenvalue weighted by Gasteiger charge is -2.27. The highest BCUT2D eigenvalue weighted by Gasteiger charge is 2.28. The van der Waals surface area contributed by atoms with Crippen LogP contribution in [-0.2, 0) is 0 Å². The van der Waals surface area contributed by atoms with Crippen molar-refractivity contribution < 1.29 is 4.39 Å². The van der Waals surface area contributed by atoms with E-state index >= 15 is 0 Å². The zero-order valence-electron chi connectivity index (χ0n) is 7.80. The zero-order chi connectivity index (χ0) is 8.97. The smallest absolute Gasteiger partial charge is 0.102 e. The molecule has 1 aliphatic rings. The summed E-state index contributed by atoms with van der Waals surface area (Å²) in [5.41, 5.74) is 5.64. The maximum absolute atomic E-state index is 12.1. The zero-order valence-corrected chi connectivity index (χ0v) is 7.80. The molecule has 72 valence electrons. The van der Waals surface area contributed by atoms with E-state index in [2.05, 4.69) is 4.90 Å². The molecule has 12 heavy (non-hydrogen) atoms. The van der Waals surface area contributed by atoms with Gasteiger partial charge in [-0.1, -0.05) is 6.42 Å². The van der Waals surface area contributed by atoms with Crippen LogP contribution in [0.25, 0.3) is 0 Å². The van der Waals surface area contributed by atoms with Crippen molar-refractivity contribution in [3.05, 3.63) is 0 Å². The normalized spacial score (nSPS) is 30.0. The number of halogens is 1. The molecule has 1 saturated carbocycles. The van der Waals surface area contributed by atoms with Crippen LogP contribution >= 0.6 is 0 Å². The molecule has 1 aliphatic carbocycles. The van der Waals surface area contributed by atoms with E-state index in [1.807, 2.05) is 7.05 Å². The molecule has 0 aromatic carbocycles. The minimum absolute atomic E-state index is 0.246. The fourth-order valence-corrected chi connectivity index (χ4v) is 2.17. The third-order valence-electron chi connectivity index (χ3n) is 2.93. The molecule has 0 aromatic rings. The molecule has 0 saturated heterocycles. The second-order valence-electron chi connectivity index (χ2n) is 3.66. The first-order valence-electron chi connectivity index (χ1n) is 4.76. The van der Waals surface area contributed by atoms with Crippen molar-refractivity contribution in [1.29, 1.82) is 0 Å². The Balaban J connectivity index is 2.38. The second-order valence-corrected chi connectivity index (χ2v) is 3.66. The summed E-state index contributed by atoms with van der Waals surface area (Å²) >= 11 is 0. The maximum atomic E-state index is 12.1. The molecule has 0 aliphatic heterocycles. The molecular formula is C9H19FN2. The Morgan fingerprint density at radius 3 is 2.83 bits per heavy atom. The van der Waals surface area contributed by atoms with Crippen LogP contribution in [0.5, 0.6) is 0 Å². The second kappa shape index (κ2) is 4.77. The van der Waals surface area contributed by atoms with Crippen molar-refractivity contribution in [2.45, 2.75) is 25.3 Å². The van der Waals surface area contributed by atoms with Gasteiger partial charge >= 0.3 is 0 Å². The van der Waals surface area contributed by atoms with Crippen molar-refractivity contribution >= 4 is 0 Å². The third-order valence-corrected chi connectivity index (χ3v) is 2.93. The first-order valence-corrected chi connectivity index (χ1v) is 4.76. The van der Waals surface area contributed by atoms with Crippen molar-refractivity contribution in [3.63, 3.8) is 0 Å². The van der Waals surface area contributed by atoms with Gasteiger partial charge in [0.2, 0.25) is 0 Å². The molecule has 2 unspecified atom stereocenters. The Morgan fingerprint density at radius 2 is 2.25 bits per heavy atom. The van der Waals surface area contributed by atoms with Crippen LogP contribution in [0.1, 0.15) is 19.3 Å². The Hall–Kier alpha value is -0.150. The van der Waals surface area contributed by atoms with Gasteiger partial charge in [-0.15, -0.1) is 0 Å². The first-order chi connectivity index (χ1) is 5.79. The van der Waals surface area contributed by atoms with Crippen molar-refractivity contribution in [2.24, 2.45) is 11.7 Å². The number of hydrogen-bond donors (Lipinski definition) is 1. The Morgan fingerprint density at radius 1 is 1.50 bits per heavy atom. The van der Waals surface area contributed by atoms with Crippen LogP contribution in [0.15, 0.2) is 0 Å². The van der Waals surface area contributed by atoms with Crippen LogP contribution in [0.3, 0.4) is 0 Å². The molecule has 1 rings (SSSR count). The Labute approximate surface area is 73.9 Å². The highest BCUT2D eigenvalue weighted by molar-refractivity contribution is 4.84. The number of rotatable bonds is 4. The predicted molar refractivity (Wildman–Crippen MR) is 48.8 cm³/mol. The molecule has 2 N–H and O–H groups in total. The summed E-state index contributed by atoms with van der Waals surface area (Å²) in [5, 5.41) is 0. The van der Waals surface area contributed by atoms with Crippen LogP contribution in [-0.4, -0.2) is 37.8 Å². The van der Waals surface area contributed by atoms with Gasteiger partial charge in [0.1, 0.15) is 6.67 Å². The van der Waals surface area contributed by atoms with Crippen molar-refractivity contribution in [3.8, 4) is 0 Å². The SMILES string of the molecule is CN(CCF)C1CCCC1CN. The number of alkyl halides is 1. The van der Waals surface area contributed by atoms with Gasteiger partial charge in [-0.05, 0) is 32.4 Å². The van der Waals surface area contributed by atoms with E-state index in [0.717, 1.165) is 6.54 Å². The molecule has 0 bridgehead atoms. The molecule has 0 aromatic heterocycles. The Bertz CT molecular complexity index is 130. The lowest BCUT2D eigenvalue weighted by molar-refractivity contribution is 0.186. The van der Waals surface area contributed by atoms with E-state index in [1.54, 1.807) is 0 Å². The lowest BCUT2D eigenvalue weighted by Crippen LogP contribution is -2.38. The average Bonchev–Trinajstić information content (AvgIpc) is 2.51. The largest absolute Gasteiger partial charge is 0.330 e. The van der Waals surface area contributed by atoms with Gasteiger partial charge in [-0.2, -0.15) is 0 Å². The van der Waals surface area contributed by atoms with Crippen LogP contribution in [0, 0.1) is 5.92 Å².